The number of alkyl halides is 2. The van der Waals surface area contributed by atoms with Gasteiger partial charge in [-0.15, -0.1) is 0 Å². The minimum Gasteiger partial charge on any atom is -0.310 e. The molecular formula is C12H16F2N2. The monoisotopic (exact) mass is 226 g/mol. The van der Waals surface area contributed by atoms with E-state index in [4.69, 9.17) is 0 Å². The van der Waals surface area contributed by atoms with Crippen LogP contribution in [0.1, 0.15) is 31.2 Å². The largest absolute Gasteiger partial charge is 0.310 e. The molecule has 1 aliphatic carbocycles. The lowest BCUT2D eigenvalue weighted by atomic mass is 9.92. The van der Waals surface area contributed by atoms with Gasteiger partial charge in [0.25, 0.3) is 0 Å². The van der Waals surface area contributed by atoms with Crippen LogP contribution in [0.3, 0.4) is 0 Å². The van der Waals surface area contributed by atoms with E-state index < -0.39 is 5.92 Å². The quantitative estimate of drug-likeness (QED) is 0.857. The summed E-state index contributed by atoms with van der Waals surface area (Å²) < 4.78 is 25.8. The lowest BCUT2D eigenvalue weighted by molar-refractivity contribution is -0.0405. The summed E-state index contributed by atoms with van der Waals surface area (Å²) in [4.78, 5) is 3.93. The van der Waals surface area contributed by atoms with Crippen molar-refractivity contribution in [1.82, 2.24) is 10.3 Å². The molecule has 2 rings (SSSR count). The zero-order valence-electron chi connectivity index (χ0n) is 9.13. The van der Waals surface area contributed by atoms with E-state index in [2.05, 4.69) is 10.3 Å². The third-order valence-electron chi connectivity index (χ3n) is 3.06. The minimum absolute atomic E-state index is 0.0149. The van der Waals surface area contributed by atoms with Crippen LogP contribution in [0.4, 0.5) is 8.78 Å². The molecule has 1 aliphatic rings. The van der Waals surface area contributed by atoms with E-state index in [1.165, 1.54) is 0 Å². The molecule has 16 heavy (non-hydrogen) atoms. The summed E-state index contributed by atoms with van der Waals surface area (Å²) in [6.45, 7) is 0.735. The first kappa shape index (κ1) is 11.5. The van der Waals surface area contributed by atoms with Crippen molar-refractivity contribution >= 4 is 0 Å². The van der Waals surface area contributed by atoms with Gasteiger partial charge in [-0.2, -0.15) is 0 Å². The SMILES string of the molecule is FC1(F)CCC(NCc2ccncc2)CC1. The Morgan fingerprint density at radius 2 is 1.88 bits per heavy atom. The van der Waals surface area contributed by atoms with E-state index in [0.29, 0.717) is 12.8 Å². The van der Waals surface area contributed by atoms with Crippen LogP contribution in [-0.4, -0.2) is 16.9 Å². The van der Waals surface area contributed by atoms with Crippen molar-refractivity contribution in [3.05, 3.63) is 30.1 Å². The second kappa shape index (κ2) is 4.87. The molecule has 0 bridgehead atoms. The summed E-state index contributed by atoms with van der Waals surface area (Å²) in [5.74, 6) is -2.44. The molecule has 0 unspecified atom stereocenters. The van der Waals surface area contributed by atoms with Crippen LogP contribution >= 0.6 is 0 Å². The van der Waals surface area contributed by atoms with Gasteiger partial charge >= 0.3 is 0 Å². The number of nitrogens with zero attached hydrogens (tertiary/aromatic N) is 1. The van der Waals surface area contributed by atoms with Gasteiger partial charge in [0.2, 0.25) is 5.92 Å². The highest BCUT2D eigenvalue weighted by Crippen LogP contribution is 2.32. The summed E-state index contributed by atoms with van der Waals surface area (Å²) in [7, 11) is 0. The molecule has 1 aromatic heterocycles. The van der Waals surface area contributed by atoms with E-state index in [1.54, 1.807) is 12.4 Å². The first-order valence-electron chi connectivity index (χ1n) is 5.66. The molecular weight excluding hydrogens is 210 g/mol. The highest BCUT2D eigenvalue weighted by molar-refractivity contribution is 5.09. The maximum Gasteiger partial charge on any atom is 0.248 e. The van der Waals surface area contributed by atoms with Gasteiger partial charge in [0.1, 0.15) is 0 Å². The second-order valence-electron chi connectivity index (χ2n) is 4.37. The molecule has 0 aliphatic heterocycles. The average Bonchev–Trinajstić information content (AvgIpc) is 2.29. The number of hydrogen-bond acceptors (Lipinski definition) is 2. The first-order valence-corrected chi connectivity index (χ1v) is 5.66. The van der Waals surface area contributed by atoms with Crippen LogP contribution in [0.15, 0.2) is 24.5 Å². The summed E-state index contributed by atoms with van der Waals surface area (Å²) in [6, 6.07) is 4.10. The van der Waals surface area contributed by atoms with Crippen LogP contribution in [-0.2, 0) is 6.54 Å². The van der Waals surface area contributed by atoms with Crippen molar-refractivity contribution in [2.75, 3.05) is 0 Å². The summed E-state index contributed by atoms with van der Waals surface area (Å²) in [6.07, 6.45) is 4.65. The Kier molecular flexibility index (Phi) is 3.49. The van der Waals surface area contributed by atoms with Crippen LogP contribution in [0.5, 0.6) is 0 Å². The number of halogens is 2. The number of pyridine rings is 1. The van der Waals surface area contributed by atoms with Crippen molar-refractivity contribution in [2.45, 2.75) is 44.2 Å². The van der Waals surface area contributed by atoms with E-state index in [1.807, 2.05) is 12.1 Å². The van der Waals surface area contributed by atoms with Crippen molar-refractivity contribution in [1.29, 1.82) is 0 Å². The molecule has 1 fully saturated rings. The van der Waals surface area contributed by atoms with Gasteiger partial charge in [-0.05, 0) is 30.5 Å². The number of aromatic nitrogens is 1. The van der Waals surface area contributed by atoms with Crippen LogP contribution in [0.25, 0.3) is 0 Å². The molecule has 1 heterocycles. The molecule has 0 aromatic carbocycles. The van der Waals surface area contributed by atoms with Crippen LogP contribution < -0.4 is 5.32 Å². The molecule has 4 heteroatoms. The zero-order valence-corrected chi connectivity index (χ0v) is 9.13. The van der Waals surface area contributed by atoms with Gasteiger partial charge in [0, 0.05) is 37.8 Å². The fourth-order valence-corrected chi connectivity index (χ4v) is 2.01. The normalized spacial score (nSPS) is 20.9. The lowest BCUT2D eigenvalue weighted by Gasteiger charge is -2.28. The molecule has 88 valence electrons. The summed E-state index contributed by atoms with van der Waals surface area (Å²) in [5, 5.41) is 3.31. The van der Waals surface area contributed by atoms with Gasteiger partial charge < -0.3 is 5.32 Å². The number of nitrogens with one attached hydrogen (secondary N) is 1. The topological polar surface area (TPSA) is 24.9 Å². The third kappa shape index (κ3) is 3.23. The Bertz CT molecular complexity index is 317. The van der Waals surface area contributed by atoms with Crippen LogP contribution in [0, 0.1) is 0 Å². The highest BCUT2D eigenvalue weighted by atomic mass is 19.3. The summed E-state index contributed by atoms with van der Waals surface area (Å²) in [5.41, 5.74) is 1.15. The van der Waals surface area contributed by atoms with Crippen molar-refractivity contribution in [2.24, 2.45) is 0 Å². The predicted octanol–water partition coefficient (Wildman–Crippen LogP) is 2.75. The van der Waals surface area contributed by atoms with Gasteiger partial charge in [-0.1, -0.05) is 0 Å². The standard InChI is InChI=1S/C12H16F2N2/c13-12(14)5-1-11(2-6-12)16-9-10-3-7-15-8-4-10/h3-4,7-8,11,16H,1-2,5-6,9H2. The van der Waals surface area contributed by atoms with Crippen LogP contribution in [0.2, 0.25) is 0 Å². The van der Waals surface area contributed by atoms with E-state index in [-0.39, 0.29) is 18.9 Å². The smallest absolute Gasteiger partial charge is 0.248 e. The van der Waals surface area contributed by atoms with Gasteiger partial charge in [0.15, 0.2) is 0 Å². The Morgan fingerprint density at radius 3 is 2.50 bits per heavy atom. The molecule has 1 N–H and O–H groups in total. The molecule has 1 aromatic rings. The maximum atomic E-state index is 12.9. The molecule has 0 spiro atoms. The van der Waals surface area contributed by atoms with E-state index in [0.717, 1.165) is 12.1 Å². The van der Waals surface area contributed by atoms with Gasteiger partial charge in [-0.3, -0.25) is 4.98 Å². The summed E-state index contributed by atoms with van der Waals surface area (Å²) >= 11 is 0. The highest BCUT2D eigenvalue weighted by Gasteiger charge is 2.34. The van der Waals surface area contributed by atoms with Gasteiger partial charge in [0.05, 0.1) is 0 Å². The molecule has 0 saturated heterocycles. The Balaban J connectivity index is 1.76. The fourth-order valence-electron chi connectivity index (χ4n) is 2.01. The Hall–Kier alpha value is -1.03. The Labute approximate surface area is 94.1 Å². The number of rotatable bonds is 3. The second-order valence-corrected chi connectivity index (χ2v) is 4.37. The number of hydrogen-bond donors (Lipinski definition) is 1. The van der Waals surface area contributed by atoms with Crippen molar-refractivity contribution < 1.29 is 8.78 Å². The average molecular weight is 226 g/mol. The third-order valence-corrected chi connectivity index (χ3v) is 3.06. The molecule has 0 amide bonds. The Morgan fingerprint density at radius 1 is 1.25 bits per heavy atom. The fraction of sp³-hybridized carbons (Fsp3) is 0.583. The van der Waals surface area contributed by atoms with Crippen molar-refractivity contribution in [3.63, 3.8) is 0 Å². The zero-order chi connectivity index (χ0) is 11.4. The van der Waals surface area contributed by atoms with E-state index >= 15 is 0 Å². The molecule has 1 saturated carbocycles. The lowest BCUT2D eigenvalue weighted by Crippen LogP contribution is -2.36. The van der Waals surface area contributed by atoms with E-state index in [9.17, 15) is 8.78 Å². The van der Waals surface area contributed by atoms with Crippen molar-refractivity contribution in [3.8, 4) is 0 Å². The first-order chi connectivity index (χ1) is 7.66. The maximum absolute atomic E-state index is 12.9. The predicted molar refractivity (Wildman–Crippen MR) is 58.3 cm³/mol. The molecule has 2 nitrogen and oxygen atoms in total. The minimum atomic E-state index is -2.44. The molecule has 0 radical (unpaired) electrons. The molecule has 0 atom stereocenters. The van der Waals surface area contributed by atoms with Gasteiger partial charge in [-0.25, -0.2) is 8.78 Å².